The predicted molar refractivity (Wildman–Crippen MR) is 84.5 cm³/mol. The Labute approximate surface area is 127 Å². The van der Waals surface area contributed by atoms with E-state index in [1.807, 2.05) is 50.2 Å². The van der Waals surface area contributed by atoms with Gasteiger partial charge in [-0.05, 0) is 49.7 Å². The highest BCUT2D eigenvalue weighted by Crippen LogP contribution is 2.27. The standard InChI is InChI=1S/C16H12Cl2N2/c1-9-3-4-14-13(7-9)15(18)20-16(19-14)11-5-10(2)6-12(17)8-11/h3-8H,1-2H3. The summed E-state index contributed by atoms with van der Waals surface area (Å²) >= 11 is 12.4. The topological polar surface area (TPSA) is 25.8 Å². The molecule has 20 heavy (non-hydrogen) atoms. The lowest BCUT2D eigenvalue weighted by atomic mass is 10.1. The van der Waals surface area contributed by atoms with Crippen LogP contribution in [0.15, 0.2) is 36.4 Å². The molecule has 0 aliphatic heterocycles. The van der Waals surface area contributed by atoms with Gasteiger partial charge in [-0.15, -0.1) is 0 Å². The smallest absolute Gasteiger partial charge is 0.161 e. The van der Waals surface area contributed by atoms with Gasteiger partial charge in [0.2, 0.25) is 0 Å². The Morgan fingerprint density at radius 1 is 0.850 bits per heavy atom. The molecule has 0 aliphatic rings. The molecule has 3 aromatic rings. The largest absolute Gasteiger partial charge is 0.228 e. The van der Waals surface area contributed by atoms with E-state index in [2.05, 4.69) is 9.97 Å². The molecule has 0 saturated heterocycles. The van der Waals surface area contributed by atoms with Crippen LogP contribution < -0.4 is 0 Å². The molecule has 0 saturated carbocycles. The summed E-state index contributed by atoms with van der Waals surface area (Å²) in [5, 5.41) is 2.00. The van der Waals surface area contributed by atoms with Crippen molar-refractivity contribution in [3.8, 4) is 11.4 Å². The van der Waals surface area contributed by atoms with Gasteiger partial charge in [-0.3, -0.25) is 0 Å². The highest BCUT2D eigenvalue weighted by Gasteiger charge is 2.09. The van der Waals surface area contributed by atoms with E-state index < -0.39 is 0 Å². The van der Waals surface area contributed by atoms with Gasteiger partial charge in [0, 0.05) is 16.0 Å². The minimum absolute atomic E-state index is 0.464. The Hall–Kier alpha value is -1.64. The van der Waals surface area contributed by atoms with Crippen molar-refractivity contribution >= 4 is 34.1 Å². The Morgan fingerprint density at radius 2 is 1.65 bits per heavy atom. The fraction of sp³-hybridized carbons (Fsp3) is 0.125. The third-order valence-corrected chi connectivity index (χ3v) is 3.61. The van der Waals surface area contributed by atoms with Crippen LogP contribution in [0.25, 0.3) is 22.3 Å². The number of hydrogen-bond acceptors (Lipinski definition) is 2. The van der Waals surface area contributed by atoms with Gasteiger partial charge in [0.05, 0.1) is 5.52 Å². The molecule has 2 aromatic carbocycles. The Kier molecular flexibility index (Phi) is 3.36. The van der Waals surface area contributed by atoms with Crippen molar-refractivity contribution in [2.24, 2.45) is 0 Å². The number of hydrogen-bond donors (Lipinski definition) is 0. The van der Waals surface area contributed by atoms with Crippen molar-refractivity contribution in [3.63, 3.8) is 0 Å². The lowest BCUT2D eigenvalue weighted by Crippen LogP contribution is -1.93. The molecule has 4 heteroatoms. The van der Waals surface area contributed by atoms with Gasteiger partial charge < -0.3 is 0 Å². The second-order valence-corrected chi connectivity index (χ2v) is 5.67. The summed E-state index contributed by atoms with van der Waals surface area (Å²) in [6, 6.07) is 11.7. The average molecular weight is 303 g/mol. The first-order valence-corrected chi connectivity index (χ1v) is 7.00. The minimum atomic E-state index is 0.464. The van der Waals surface area contributed by atoms with Crippen LogP contribution >= 0.6 is 23.2 Å². The number of halogens is 2. The van der Waals surface area contributed by atoms with Crippen LogP contribution in [0.2, 0.25) is 10.2 Å². The molecule has 0 amide bonds. The van der Waals surface area contributed by atoms with Crippen molar-refractivity contribution in [1.29, 1.82) is 0 Å². The summed E-state index contributed by atoms with van der Waals surface area (Å²) in [5.41, 5.74) is 3.91. The van der Waals surface area contributed by atoms with E-state index in [1.54, 1.807) is 0 Å². The zero-order valence-electron chi connectivity index (χ0n) is 11.1. The van der Waals surface area contributed by atoms with Crippen LogP contribution in [0.5, 0.6) is 0 Å². The molecule has 2 nitrogen and oxygen atoms in total. The number of aryl methyl sites for hydroxylation is 2. The van der Waals surface area contributed by atoms with E-state index in [0.717, 1.165) is 27.6 Å². The van der Waals surface area contributed by atoms with Gasteiger partial charge in [0.1, 0.15) is 5.15 Å². The van der Waals surface area contributed by atoms with Crippen molar-refractivity contribution in [2.45, 2.75) is 13.8 Å². The second-order valence-electron chi connectivity index (χ2n) is 4.88. The number of benzene rings is 2. The summed E-state index contributed by atoms with van der Waals surface area (Å²) in [4.78, 5) is 8.97. The summed E-state index contributed by atoms with van der Waals surface area (Å²) < 4.78 is 0. The SMILES string of the molecule is Cc1cc(Cl)cc(-c2nc(Cl)c3cc(C)ccc3n2)c1. The first-order chi connectivity index (χ1) is 9.52. The molecule has 3 rings (SSSR count). The Balaban J connectivity index is 2.24. The van der Waals surface area contributed by atoms with Gasteiger partial charge in [0.25, 0.3) is 0 Å². The fourth-order valence-corrected chi connectivity index (χ4v) is 2.72. The molecule has 1 heterocycles. The maximum absolute atomic E-state index is 6.28. The third kappa shape index (κ3) is 2.49. The molecule has 0 N–H and O–H groups in total. The van der Waals surface area contributed by atoms with Crippen LogP contribution in [-0.4, -0.2) is 9.97 Å². The molecule has 1 aromatic heterocycles. The lowest BCUT2D eigenvalue weighted by molar-refractivity contribution is 1.22. The van der Waals surface area contributed by atoms with Gasteiger partial charge in [0.15, 0.2) is 5.82 Å². The van der Waals surface area contributed by atoms with E-state index >= 15 is 0 Å². The van der Waals surface area contributed by atoms with E-state index in [9.17, 15) is 0 Å². The normalized spacial score (nSPS) is 11.0. The molecule has 0 bridgehead atoms. The van der Waals surface area contributed by atoms with Gasteiger partial charge >= 0.3 is 0 Å². The number of rotatable bonds is 1. The Morgan fingerprint density at radius 3 is 2.40 bits per heavy atom. The number of nitrogens with zero attached hydrogens (tertiary/aromatic N) is 2. The van der Waals surface area contributed by atoms with Gasteiger partial charge in [-0.25, -0.2) is 9.97 Å². The first kappa shape index (κ1) is 13.3. The Bertz CT molecular complexity index is 793. The quantitative estimate of drug-likeness (QED) is 0.576. The maximum atomic E-state index is 6.28. The van der Waals surface area contributed by atoms with Gasteiger partial charge in [-0.2, -0.15) is 0 Å². The second kappa shape index (κ2) is 5.04. The molecule has 0 fully saturated rings. The summed E-state index contributed by atoms with van der Waals surface area (Å²) in [5.74, 6) is 0.594. The molecule has 100 valence electrons. The summed E-state index contributed by atoms with van der Waals surface area (Å²) in [6.45, 7) is 4.01. The zero-order chi connectivity index (χ0) is 14.3. The molecule has 0 aliphatic carbocycles. The highest BCUT2D eigenvalue weighted by atomic mass is 35.5. The molecular weight excluding hydrogens is 291 g/mol. The lowest BCUT2D eigenvalue weighted by Gasteiger charge is -2.07. The van der Waals surface area contributed by atoms with Crippen molar-refractivity contribution < 1.29 is 0 Å². The molecular formula is C16H12Cl2N2. The monoisotopic (exact) mass is 302 g/mol. The first-order valence-electron chi connectivity index (χ1n) is 6.24. The van der Waals surface area contributed by atoms with E-state index in [1.165, 1.54) is 0 Å². The third-order valence-electron chi connectivity index (χ3n) is 3.11. The van der Waals surface area contributed by atoms with Crippen LogP contribution in [0.3, 0.4) is 0 Å². The van der Waals surface area contributed by atoms with Crippen LogP contribution in [0.4, 0.5) is 0 Å². The molecule has 0 unspecified atom stereocenters. The van der Waals surface area contributed by atoms with Crippen molar-refractivity contribution in [1.82, 2.24) is 9.97 Å². The zero-order valence-corrected chi connectivity index (χ0v) is 12.6. The fourth-order valence-electron chi connectivity index (χ4n) is 2.20. The van der Waals surface area contributed by atoms with E-state index in [0.29, 0.717) is 16.0 Å². The maximum Gasteiger partial charge on any atom is 0.161 e. The summed E-state index contributed by atoms with van der Waals surface area (Å²) in [7, 11) is 0. The van der Waals surface area contributed by atoms with Crippen molar-refractivity contribution in [3.05, 3.63) is 57.7 Å². The average Bonchev–Trinajstić information content (AvgIpc) is 2.38. The highest BCUT2D eigenvalue weighted by molar-refractivity contribution is 6.34. The van der Waals surface area contributed by atoms with E-state index in [-0.39, 0.29) is 0 Å². The number of aromatic nitrogens is 2. The minimum Gasteiger partial charge on any atom is -0.228 e. The van der Waals surface area contributed by atoms with E-state index in [4.69, 9.17) is 23.2 Å². The number of fused-ring (bicyclic) bond motifs is 1. The van der Waals surface area contributed by atoms with Crippen LogP contribution in [0.1, 0.15) is 11.1 Å². The molecule has 0 radical (unpaired) electrons. The molecule has 0 spiro atoms. The van der Waals surface area contributed by atoms with Crippen LogP contribution in [-0.2, 0) is 0 Å². The summed E-state index contributed by atoms with van der Waals surface area (Å²) in [6.07, 6.45) is 0. The van der Waals surface area contributed by atoms with Gasteiger partial charge in [-0.1, -0.05) is 34.8 Å². The predicted octanol–water partition coefficient (Wildman–Crippen LogP) is 5.22. The molecule has 0 atom stereocenters. The van der Waals surface area contributed by atoms with Crippen molar-refractivity contribution in [2.75, 3.05) is 0 Å². The van der Waals surface area contributed by atoms with Crippen LogP contribution in [0, 0.1) is 13.8 Å².